The number of para-hydroxylation sites is 1. The first-order valence-corrected chi connectivity index (χ1v) is 13.3. The van der Waals surface area contributed by atoms with Gasteiger partial charge in [0.25, 0.3) is 11.1 Å². The summed E-state index contributed by atoms with van der Waals surface area (Å²) in [6.45, 7) is 2.67. The van der Waals surface area contributed by atoms with Gasteiger partial charge in [0.05, 0.1) is 23.1 Å². The molecule has 1 heterocycles. The molecule has 0 N–H and O–H groups in total. The standard InChI is InChI=1S/C27H22Cl3NO5S/c1-2-34-24-14-17(10-11-23(24)36-16-18-19(28)7-5-8-20(18)29)15-25-26(32)31(27(33)37-25)12-13-35-22-9-4-3-6-21(22)30/h3-11,14-15H,2,12-13,16H2,1H3/b25-15-. The van der Waals surface area contributed by atoms with Crippen LogP contribution >= 0.6 is 46.6 Å². The molecule has 4 rings (SSSR count). The van der Waals surface area contributed by atoms with Crippen LogP contribution in [0.3, 0.4) is 0 Å². The molecule has 37 heavy (non-hydrogen) atoms. The highest BCUT2D eigenvalue weighted by Gasteiger charge is 2.34. The van der Waals surface area contributed by atoms with E-state index < -0.39 is 0 Å². The molecular formula is C27H22Cl3NO5S. The summed E-state index contributed by atoms with van der Waals surface area (Å²) in [5, 5.41) is 1.12. The van der Waals surface area contributed by atoms with Crippen LogP contribution in [-0.4, -0.2) is 35.8 Å². The number of carbonyl (C=O) groups excluding carboxylic acids is 2. The average Bonchev–Trinajstić information content (AvgIpc) is 3.13. The van der Waals surface area contributed by atoms with Crippen molar-refractivity contribution in [3.63, 3.8) is 0 Å². The highest BCUT2D eigenvalue weighted by molar-refractivity contribution is 8.18. The van der Waals surface area contributed by atoms with Crippen LogP contribution in [0.15, 0.2) is 65.6 Å². The Balaban J connectivity index is 1.44. The van der Waals surface area contributed by atoms with E-state index in [4.69, 9.17) is 49.0 Å². The van der Waals surface area contributed by atoms with Gasteiger partial charge in [0.2, 0.25) is 0 Å². The summed E-state index contributed by atoms with van der Waals surface area (Å²) in [7, 11) is 0. The molecule has 0 bridgehead atoms. The number of ether oxygens (including phenoxy) is 3. The van der Waals surface area contributed by atoms with E-state index in [0.29, 0.717) is 55.0 Å². The van der Waals surface area contributed by atoms with Gasteiger partial charge in [-0.05, 0) is 66.7 Å². The van der Waals surface area contributed by atoms with E-state index in [2.05, 4.69) is 0 Å². The van der Waals surface area contributed by atoms with E-state index in [1.54, 1.807) is 66.7 Å². The van der Waals surface area contributed by atoms with Crippen molar-refractivity contribution in [1.82, 2.24) is 4.90 Å². The van der Waals surface area contributed by atoms with Crippen LogP contribution in [0.4, 0.5) is 4.79 Å². The maximum Gasteiger partial charge on any atom is 0.293 e. The minimum Gasteiger partial charge on any atom is -0.490 e. The molecule has 3 aromatic rings. The lowest BCUT2D eigenvalue weighted by Gasteiger charge is -2.14. The third-order valence-corrected chi connectivity index (χ3v) is 7.21. The lowest BCUT2D eigenvalue weighted by atomic mass is 10.1. The van der Waals surface area contributed by atoms with Gasteiger partial charge in [-0.3, -0.25) is 14.5 Å². The summed E-state index contributed by atoms with van der Waals surface area (Å²) in [5.41, 5.74) is 1.36. The Labute approximate surface area is 234 Å². The Morgan fingerprint density at radius 3 is 2.30 bits per heavy atom. The second-order valence-electron chi connectivity index (χ2n) is 7.74. The van der Waals surface area contributed by atoms with Crippen molar-refractivity contribution in [3.05, 3.63) is 91.8 Å². The largest absolute Gasteiger partial charge is 0.490 e. The van der Waals surface area contributed by atoms with Crippen LogP contribution in [0.1, 0.15) is 18.1 Å². The topological polar surface area (TPSA) is 65.1 Å². The van der Waals surface area contributed by atoms with E-state index >= 15 is 0 Å². The number of benzene rings is 3. The van der Waals surface area contributed by atoms with E-state index in [1.807, 2.05) is 6.92 Å². The molecule has 6 nitrogen and oxygen atoms in total. The molecule has 0 unspecified atom stereocenters. The zero-order valence-corrected chi connectivity index (χ0v) is 22.8. The molecule has 0 saturated carbocycles. The first-order valence-electron chi connectivity index (χ1n) is 11.3. The van der Waals surface area contributed by atoms with Crippen molar-refractivity contribution in [2.75, 3.05) is 19.8 Å². The van der Waals surface area contributed by atoms with Crippen molar-refractivity contribution in [3.8, 4) is 17.2 Å². The van der Waals surface area contributed by atoms with Crippen LogP contribution in [0.25, 0.3) is 6.08 Å². The molecule has 0 spiro atoms. The van der Waals surface area contributed by atoms with Gasteiger partial charge < -0.3 is 14.2 Å². The number of carbonyl (C=O) groups is 2. The number of thioether (sulfide) groups is 1. The number of nitrogens with zero attached hydrogens (tertiary/aromatic N) is 1. The van der Waals surface area contributed by atoms with Gasteiger partial charge in [0, 0.05) is 15.6 Å². The number of hydrogen-bond donors (Lipinski definition) is 0. The third-order valence-electron chi connectivity index (χ3n) is 5.28. The molecule has 1 fully saturated rings. The van der Waals surface area contributed by atoms with Gasteiger partial charge in [-0.2, -0.15) is 0 Å². The van der Waals surface area contributed by atoms with Gasteiger partial charge in [-0.1, -0.05) is 59.1 Å². The molecule has 1 aliphatic heterocycles. The molecule has 3 aromatic carbocycles. The number of imide groups is 1. The average molecular weight is 579 g/mol. The lowest BCUT2D eigenvalue weighted by Crippen LogP contribution is -2.32. The SMILES string of the molecule is CCOc1cc(/C=C2\SC(=O)N(CCOc3ccccc3Cl)C2=O)ccc1OCc1c(Cl)cccc1Cl. The normalized spacial score (nSPS) is 14.4. The molecule has 1 aliphatic rings. The summed E-state index contributed by atoms with van der Waals surface area (Å²) < 4.78 is 17.3. The van der Waals surface area contributed by atoms with E-state index in [-0.39, 0.29) is 30.9 Å². The van der Waals surface area contributed by atoms with E-state index in [1.165, 1.54) is 0 Å². The molecule has 0 atom stereocenters. The number of amides is 2. The summed E-state index contributed by atoms with van der Waals surface area (Å²) in [4.78, 5) is 26.8. The Morgan fingerprint density at radius 1 is 0.838 bits per heavy atom. The molecule has 1 saturated heterocycles. The summed E-state index contributed by atoms with van der Waals surface area (Å²) in [5.74, 6) is 1.10. The quantitative estimate of drug-likeness (QED) is 0.229. The monoisotopic (exact) mass is 577 g/mol. The van der Waals surface area contributed by atoms with E-state index in [0.717, 1.165) is 16.7 Å². The fourth-order valence-corrected chi connectivity index (χ4v) is 5.04. The maximum absolute atomic E-state index is 12.9. The van der Waals surface area contributed by atoms with Gasteiger partial charge in [0.15, 0.2) is 11.5 Å². The lowest BCUT2D eigenvalue weighted by molar-refractivity contribution is -0.123. The molecule has 10 heteroatoms. The number of rotatable bonds is 10. The Kier molecular flexibility index (Phi) is 9.27. The molecule has 2 amide bonds. The van der Waals surface area contributed by atoms with Gasteiger partial charge in [-0.15, -0.1) is 0 Å². The van der Waals surface area contributed by atoms with Crippen molar-refractivity contribution in [2.24, 2.45) is 0 Å². The second-order valence-corrected chi connectivity index (χ2v) is 9.96. The Hall–Kier alpha value is -2.84. The number of hydrogen-bond acceptors (Lipinski definition) is 6. The second kappa shape index (κ2) is 12.6. The van der Waals surface area contributed by atoms with E-state index in [9.17, 15) is 9.59 Å². The maximum atomic E-state index is 12.9. The third kappa shape index (κ3) is 6.73. The van der Waals surface area contributed by atoms with Crippen LogP contribution in [-0.2, 0) is 11.4 Å². The van der Waals surface area contributed by atoms with Crippen molar-refractivity contribution < 1.29 is 23.8 Å². The first-order chi connectivity index (χ1) is 17.9. The zero-order chi connectivity index (χ0) is 26.4. The smallest absolute Gasteiger partial charge is 0.293 e. The minimum atomic E-state index is -0.385. The van der Waals surface area contributed by atoms with Crippen LogP contribution in [0.5, 0.6) is 17.2 Å². The predicted octanol–water partition coefficient (Wildman–Crippen LogP) is 7.74. The molecule has 0 radical (unpaired) electrons. The fourth-order valence-electron chi connectivity index (χ4n) is 3.47. The minimum absolute atomic E-state index is 0.106. The summed E-state index contributed by atoms with van der Waals surface area (Å²) >= 11 is 19.4. The zero-order valence-electron chi connectivity index (χ0n) is 19.7. The summed E-state index contributed by atoms with van der Waals surface area (Å²) in [6, 6.07) is 17.5. The van der Waals surface area contributed by atoms with Crippen molar-refractivity contribution in [2.45, 2.75) is 13.5 Å². The van der Waals surface area contributed by atoms with Crippen LogP contribution < -0.4 is 14.2 Å². The van der Waals surface area contributed by atoms with Crippen LogP contribution in [0.2, 0.25) is 15.1 Å². The van der Waals surface area contributed by atoms with Gasteiger partial charge in [-0.25, -0.2) is 0 Å². The fraction of sp³-hybridized carbons (Fsp3) is 0.185. The molecule has 192 valence electrons. The van der Waals surface area contributed by atoms with Crippen LogP contribution in [0, 0.1) is 0 Å². The highest BCUT2D eigenvalue weighted by atomic mass is 35.5. The number of halogens is 3. The molecule has 0 aliphatic carbocycles. The molecular weight excluding hydrogens is 557 g/mol. The van der Waals surface area contributed by atoms with Gasteiger partial charge >= 0.3 is 0 Å². The van der Waals surface area contributed by atoms with Crippen molar-refractivity contribution in [1.29, 1.82) is 0 Å². The van der Waals surface area contributed by atoms with Crippen molar-refractivity contribution >= 4 is 63.8 Å². The summed E-state index contributed by atoms with van der Waals surface area (Å²) in [6.07, 6.45) is 1.65. The first kappa shape index (κ1) is 27.2. The Morgan fingerprint density at radius 2 is 1.57 bits per heavy atom. The van der Waals surface area contributed by atoms with Gasteiger partial charge in [0.1, 0.15) is 19.0 Å². The Bertz CT molecular complexity index is 1330. The predicted molar refractivity (Wildman–Crippen MR) is 148 cm³/mol. The highest BCUT2D eigenvalue weighted by Crippen LogP contribution is 2.35. The molecule has 0 aromatic heterocycles.